The Morgan fingerprint density at radius 2 is 1.48 bits per heavy atom. The Bertz CT molecular complexity index is 632. The molecule has 21 heavy (non-hydrogen) atoms. The third kappa shape index (κ3) is 3.39. The van der Waals surface area contributed by atoms with E-state index in [9.17, 15) is 15.0 Å². The Hall–Kier alpha value is -2.82. The van der Waals surface area contributed by atoms with Crippen molar-refractivity contribution in [1.82, 2.24) is 0 Å². The van der Waals surface area contributed by atoms with Crippen molar-refractivity contribution in [3.8, 4) is 11.5 Å². The van der Waals surface area contributed by atoms with Crippen LogP contribution >= 0.6 is 0 Å². The van der Waals surface area contributed by atoms with E-state index in [1.54, 1.807) is 36.4 Å². The topological polar surface area (TPSA) is 79.1 Å². The van der Waals surface area contributed by atoms with Gasteiger partial charge < -0.3 is 14.9 Å². The van der Waals surface area contributed by atoms with Gasteiger partial charge in [0.25, 0.3) is 0 Å². The number of rotatable bonds is 4. The zero-order chi connectivity index (χ0) is 15.2. The van der Waals surface area contributed by atoms with Crippen LogP contribution in [0.4, 0.5) is 0 Å². The third-order valence-electron chi connectivity index (χ3n) is 2.91. The number of esters is 1. The summed E-state index contributed by atoms with van der Waals surface area (Å²) in [4.78, 5) is 15.5. The highest BCUT2D eigenvalue weighted by Crippen LogP contribution is 2.25. The predicted molar refractivity (Wildman–Crippen MR) is 78.7 cm³/mol. The first-order chi connectivity index (χ1) is 10.1. The Morgan fingerprint density at radius 1 is 1.00 bits per heavy atom. The quantitative estimate of drug-likeness (QED) is 0.666. The molecule has 0 saturated heterocycles. The van der Waals surface area contributed by atoms with Gasteiger partial charge in [0, 0.05) is 11.1 Å². The van der Waals surface area contributed by atoms with Gasteiger partial charge in [0.2, 0.25) is 0 Å². The van der Waals surface area contributed by atoms with E-state index in [4.69, 9.17) is 0 Å². The molecule has 2 rings (SSSR count). The van der Waals surface area contributed by atoms with E-state index in [0.717, 1.165) is 0 Å². The maximum Gasteiger partial charge on any atom is 0.327 e. The lowest BCUT2D eigenvalue weighted by molar-refractivity contribution is -0.138. The summed E-state index contributed by atoms with van der Waals surface area (Å²) in [6.07, 6.45) is 0. The number of phenols is 2. The first-order valence-electron chi connectivity index (χ1n) is 6.31. The number of methoxy groups -OCH3 is 1. The van der Waals surface area contributed by atoms with Crippen LogP contribution in [0.2, 0.25) is 0 Å². The smallest absolute Gasteiger partial charge is 0.327 e. The summed E-state index contributed by atoms with van der Waals surface area (Å²) in [7, 11) is 1.28. The molecule has 0 heterocycles. The number of para-hydroxylation sites is 2. The molecular weight excluding hydrogens is 270 g/mol. The summed E-state index contributed by atoms with van der Waals surface area (Å²) in [5.74, 6) is -0.466. The molecule has 0 aliphatic carbocycles. The molecule has 0 radical (unpaired) electrons. The second-order valence-corrected chi connectivity index (χ2v) is 4.28. The molecule has 0 spiro atoms. The van der Waals surface area contributed by atoms with Crippen LogP contribution in [0.3, 0.4) is 0 Å². The van der Waals surface area contributed by atoms with Gasteiger partial charge in [-0.3, -0.25) is 9.79 Å². The van der Waals surface area contributed by atoms with Gasteiger partial charge in [0.1, 0.15) is 18.0 Å². The van der Waals surface area contributed by atoms with Crippen LogP contribution < -0.4 is 0 Å². The van der Waals surface area contributed by atoms with Crippen molar-refractivity contribution in [2.45, 2.75) is 0 Å². The van der Waals surface area contributed by atoms with Crippen LogP contribution in [0.15, 0.2) is 53.5 Å². The summed E-state index contributed by atoms with van der Waals surface area (Å²) < 4.78 is 4.56. The standard InChI is InChI=1S/C16H15NO4/c1-21-15(20)10-17-16(11-6-2-4-8-13(11)18)12-7-3-5-9-14(12)19/h2-9,18-19H,10H2,1H3. The molecule has 2 aromatic carbocycles. The van der Waals surface area contributed by atoms with E-state index in [0.29, 0.717) is 16.8 Å². The van der Waals surface area contributed by atoms with Gasteiger partial charge >= 0.3 is 5.97 Å². The second-order valence-electron chi connectivity index (χ2n) is 4.28. The number of carbonyl (C=O) groups is 1. The lowest BCUT2D eigenvalue weighted by atomic mass is 10.0. The summed E-state index contributed by atoms with van der Waals surface area (Å²) in [5, 5.41) is 20.0. The molecule has 0 aliphatic heterocycles. The average Bonchev–Trinajstić information content (AvgIpc) is 2.50. The van der Waals surface area contributed by atoms with E-state index >= 15 is 0 Å². The van der Waals surface area contributed by atoms with Crippen LogP contribution in [0.25, 0.3) is 0 Å². The SMILES string of the molecule is COC(=O)CN=C(c1ccccc1O)c1ccccc1O. The van der Waals surface area contributed by atoms with Crippen LogP contribution in [0.1, 0.15) is 11.1 Å². The molecule has 0 atom stereocenters. The van der Waals surface area contributed by atoms with Crippen LogP contribution in [-0.4, -0.2) is 35.5 Å². The molecule has 0 fully saturated rings. The van der Waals surface area contributed by atoms with Gasteiger partial charge in [-0.05, 0) is 24.3 Å². The van der Waals surface area contributed by atoms with Gasteiger partial charge in [0.15, 0.2) is 0 Å². The molecule has 0 amide bonds. The number of hydrogen-bond donors (Lipinski definition) is 2. The predicted octanol–water partition coefficient (Wildman–Crippen LogP) is 2.11. The average molecular weight is 285 g/mol. The monoisotopic (exact) mass is 285 g/mol. The Labute approximate surface area is 122 Å². The van der Waals surface area contributed by atoms with E-state index in [1.165, 1.54) is 19.2 Å². The number of aliphatic imine (C=N–C) groups is 1. The number of phenolic OH excluding ortho intramolecular Hbond substituents is 2. The van der Waals surface area contributed by atoms with Gasteiger partial charge in [-0.1, -0.05) is 24.3 Å². The van der Waals surface area contributed by atoms with Gasteiger partial charge in [-0.25, -0.2) is 0 Å². The molecule has 2 N–H and O–H groups in total. The van der Waals surface area contributed by atoms with Crippen LogP contribution in [0.5, 0.6) is 11.5 Å². The van der Waals surface area contributed by atoms with Crippen molar-refractivity contribution < 1.29 is 19.7 Å². The fourth-order valence-corrected chi connectivity index (χ4v) is 1.87. The van der Waals surface area contributed by atoms with Gasteiger partial charge in [-0.2, -0.15) is 0 Å². The van der Waals surface area contributed by atoms with E-state index in [1.807, 2.05) is 0 Å². The Balaban J connectivity index is 2.53. The minimum absolute atomic E-state index is 0.0179. The molecule has 0 bridgehead atoms. The van der Waals surface area contributed by atoms with Crippen molar-refractivity contribution >= 4 is 11.7 Å². The highest BCUT2D eigenvalue weighted by molar-refractivity contribution is 6.16. The van der Waals surface area contributed by atoms with Crippen LogP contribution in [0, 0.1) is 0 Å². The lowest BCUT2D eigenvalue weighted by Gasteiger charge is -2.10. The molecule has 5 heteroatoms. The number of benzene rings is 2. The minimum atomic E-state index is -0.502. The highest BCUT2D eigenvalue weighted by Gasteiger charge is 2.15. The lowest BCUT2D eigenvalue weighted by Crippen LogP contribution is -2.10. The van der Waals surface area contributed by atoms with Crippen molar-refractivity contribution in [2.24, 2.45) is 4.99 Å². The fraction of sp³-hybridized carbons (Fsp3) is 0.125. The van der Waals surface area contributed by atoms with Crippen molar-refractivity contribution in [1.29, 1.82) is 0 Å². The Morgan fingerprint density at radius 3 is 1.90 bits per heavy atom. The van der Waals surface area contributed by atoms with E-state index < -0.39 is 5.97 Å². The van der Waals surface area contributed by atoms with E-state index in [-0.39, 0.29) is 18.0 Å². The highest BCUT2D eigenvalue weighted by atomic mass is 16.5. The first kappa shape index (κ1) is 14.6. The normalized spacial score (nSPS) is 9.95. The van der Waals surface area contributed by atoms with Crippen LogP contribution in [-0.2, 0) is 9.53 Å². The van der Waals surface area contributed by atoms with Crippen molar-refractivity contribution in [3.05, 3.63) is 59.7 Å². The second kappa shape index (κ2) is 6.56. The molecule has 0 unspecified atom stereocenters. The molecule has 5 nitrogen and oxygen atoms in total. The number of nitrogens with zero attached hydrogens (tertiary/aromatic N) is 1. The summed E-state index contributed by atoms with van der Waals surface area (Å²) in [6, 6.07) is 13.2. The maximum atomic E-state index is 11.3. The number of ether oxygens (including phenoxy) is 1. The zero-order valence-electron chi connectivity index (χ0n) is 11.5. The van der Waals surface area contributed by atoms with Crippen molar-refractivity contribution in [2.75, 3.05) is 13.7 Å². The number of aromatic hydroxyl groups is 2. The summed E-state index contributed by atoms with van der Waals surface area (Å²) >= 11 is 0. The maximum absolute atomic E-state index is 11.3. The third-order valence-corrected chi connectivity index (χ3v) is 2.91. The summed E-state index contributed by atoms with van der Waals surface area (Å²) in [5.41, 5.74) is 1.20. The Kier molecular flexibility index (Phi) is 4.56. The largest absolute Gasteiger partial charge is 0.507 e. The minimum Gasteiger partial charge on any atom is -0.507 e. The molecule has 108 valence electrons. The van der Waals surface area contributed by atoms with Gasteiger partial charge in [0.05, 0.1) is 12.8 Å². The van der Waals surface area contributed by atoms with Crippen molar-refractivity contribution in [3.63, 3.8) is 0 Å². The fourth-order valence-electron chi connectivity index (χ4n) is 1.87. The molecule has 0 aromatic heterocycles. The molecule has 2 aromatic rings. The van der Waals surface area contributed by atoms with Gasteiger partial charge in [-0.15, -0.1) is 0 Å². The van der Waals surface area contributed by atoms with E-state index in [2.05, 4.69) is 9.73 Å². The molecule has 0 saturated carbocycles. The number of hydrogen-bond acceptors (Lipinski definition) is 5. The molecular formula is C16H15NO4. The summed E-state index contributed by atoms with van der Waals surface area (Å²) in [6.45, 7) is -0.200. The zero-order valence-corrected chi connectivity index (χ0v) is 11.5. The first-order valence-corrected chi connectivity index (χ1v) is 6.31. The number of carbonyl (C=O) groups excluding carboxylic acids is 1. The molecule has 0 aliphatic rings.